The number of hydrogen-bond donors (Lipinski definition) is 1. The fourth-order valence-corrected chi connectivity index (χ4v) is 3.29. The van der Waals surface area contributed by atoms with Crippen LogP contribution in [0.15, 0.2) is 28.7 Å². The van der Waals surface area contributed by atoms with Gasteiger partial charge in [0.1, 0.15) is 0 Å². The molecular weight excluding hydrogens is 316 g/mol. The summed E-state index contributed by atoms with van der Waals surface area (Å²) in [4.78, 5) is 4.87. The monoisotopic (exact) mass is 340 g/mol. The molecule has 3 nitrogen and oxygen atoms in total. The van der Waals surface area contributed by atoms with Gasteiger partial charge in [-0.3, -0.25) is 4.90 Å². The molecule has 1 unspecified atom stereocenters. The fourth-order valence-electron chi connectivity index (χ4n) is 2.74. The second kappa shape index (κ2) is 6.56. The summed E-state index contributed by atoms with van der Waals surface area (Å²) >= 11 is 3.51. The van der Waals surface area contributed by atoms with Crippen LogP contribution in [-0.2, 0) is 0 Å². The first kappa shape index (κ1) is 16.0. The van der Waals surface area contributed by atoms with Crippen molar-refractivity contribution in [2.24, 2.45) is 0 Å². The number of aliphatic hydroxyl groups excluding tert-OH is 1. The zero-order valence-corrected chi connectivity index (χ0v) is 14.2. The average molecular weight is 341 g/mol. The number of halogens is 1. The van der Waals surface area contributed by atoms with Crippen LogP contribution in [0.2, 0.25) is 0 Å². The number of aliphatic hydroxyl groups is 1. The lowest BCUT2D eigenvalue weighted by Crippen LogP contribution is -2.57. The van der Waals surface area contributed by atoms with E-state index < -0.39 is 6.10 Å². The summed E-state index contributed by atoms with van der Waals surface area (Å²) in [5.74, 6) is 0. The second-order valence-electron chi connectivity index (χ2n) is 6.34. The van der Waals surface area contributed by atoms with Gasteiger partial charge in [0.05, 0.1) is 6.10 Å². The molecule has 1 saturated heterocycles. The molecule has 20 heavy (non-hydrogen) atoms. The van der Waals surface area contributed by atoms with E-state index in [-0.39, 0.29) is 5.54 Å². The van der Waals surface area contributed by atoms with Gasteiger partial charge in [-0.15, -0.1) is 0 Å². The highest BCUT2D eigenvalue weighted by atomic mass is 79.9. The number of rotatable bonds is 4. The van der Waals surface area contributed by atoms with Crippen LogP contribution in [0.1, 0.15) is 31.9 Å². The van der Waals surface area contributed by atoms with Crippen molar-refractivity contribution < 1.29 is 5.11 Å². The topological polar surface area (TPSA) is 26.7 Å². The molecule has 112 valence electrons. The molecule has 0 aliphatic carbocycles. The van der Waals surface area contributed by atoms with E-state index >= 15 is 0 Å². The minimum Gasteiger partial charge on any atom is -0.388 e. The standard InChI is InChI=1S/C16H25BrN2O/c1-16(2)12-19(11-10-18(16)3)9-8-15(20)13-6-4-5-7-14(13)17/h4-7,15,20H,8-12H2,1-3H3. The highest BCUT2D eigenvalue weighted by molar-refractivity contribution is 9.10. The SMILES string of the molecule is CN1CCN(CCC(O)c2ccccc2Br)CC1(C)C. The van der Waals surface area contributed by atoms with Crippen LogP contribution in [0.25, 0.3) is 0 Å². The molecule has 0 spiro atoms. The Balaban J connectivity index is 1.88. The van der Waals surface area contributed by atoms with E-state index in [1.54, 1.807) is 0 Å². The van der Waals surface area contributed by atoms with Crippen LogP contribution in [0.4, 0.5) is 0 Å². The molecule has 1 aliphatic rings. The maximum atomic E-state index is 10.3. The lowest BCUT2D eigenvalue weighted by Gasteiger charge is -2.45. The van der Waals surface area contributed by atoms with Crippen molar-refractivity contribution in [3.8, 4) is 0 Å². The Labute approximate surface area is 130 Å². The Morgan fingerprint density at radius 2 is 2.00 bits per heavy atom. The van der Waals surface area contributed by atoms with Gasteiger partial charge in [-0.25, -0.2) is 0 Å². The molecule has 1 fully saturated rings. The first-order chi connectivity index (χ1) is 9.40. The Morgan fingerprint density at radius 1 is 1.30 bits per heavy atom. The smallest absolute Gasteiger partial charge is 0.0813 e. The quantitative estimate of drug-likeness (QED) is 0.912. The Morgan fingerprint density at radius 3 is 2.65 bits per heavy atom. The number of nitrogens with zero attached hydrogens (tertiary/aromatic N) is 2. The molecule has 1 atom stereocenters. The van der Waals surface area contributed by atoms with Crippen LogP contribution >= 0.6 is 15.9 Å². The zero-order valence-electron chi connectivity index (χ0n) is 12.6. The number of benzene rings is 1. The van der Waals surface area contributed by atoms with Crippen LogP contribution in [-0.4, -0.2) is 53.7 Å². The van der Waals surface area contributed by atoms with Gasteiger partial charge in [-0.2, -0.15) is 0 Å². The molecule has 1 aliphatic heterocycles. The van der Waals surface area contributed by atoms with Crippen molar-refractivity contribution >= 4 is 15.9 Å². The predicted octanol–water partition coefficient (Wildman–Crippen LogP) is 2.90. The summed E-state index contributed by atoms with van der Waals surface area (Å²) in [6, 6.07) is 7.92. The first-order valence-corrected chi connectivity index (χ1v) is 8.05. The van der Waals surface area contributed by atoms with E-state index in [4.69, 9.17) is 0 Å². The minimum absolute atomic E-state index is 0.219. The lowest BCUT2D eigenvalue weighted by atomic mass is 9.99. The van der Waals surface area contributed by atoms with E-state index in [1.165, 1.54) is 0 Å². The van der Waals surface area contributed by atoms with Gasteiger partial charge in [0, 0.05) is 36.2 Å². The highest BCUT2D eigenvalue weighted by Gasteiger charge is 2.30. The summed E-state index contributed by atoms with van der Waals surface area (Å²) in [6.07, 6.45) is 0.385. The van der Waals surface area contributed by atoms with Gasteiger partial charge in [0.2, 0.25) is 0 Å². The molecule has 0 radical (unpaired) electrons. The van der Waals surface area contributed by atoms with E-state index in [9.17, 15) is 5.11 Å². The molecule has 0 bridgehead atoms. The van der Waals surface area contributed by atoms with Crippen molar-refractivity contribution in [1.82, 2.24) is 9.80 Å². The highest BCUT2D eigenvalue weighted by Crippen LogP contribution is 2.26. The Bertz CT molecular complexity index is 450. The number of likely N-dealkylation sites (N-methyl/N-ethyl adjacent to an activating group) is 1. The third-order valence-corrected chi connectivity index (χ3v) is 5.10. The number of piperazine rings is 1. The van der Waals surface area contributed by atoms with Crippen molar-refractivity contribution in [1.29, 1.82) is 0 Å². The van der Waals surface area contributed by atoms with Crippen molar-refractivity contribution in [2.45, 2.75) is 31.9 Å². The van der Waals surface area contributed by atoms with Gasteiger partial charge >= 0.3 is 0 Å². The normalized spacial score (nSPS) is 21.9. The summed E-state index contributed by atoms with van der Waals surface area (Å²) in [6.45, 7) is 8.75. The van der Waals surface area contributed by atoms with Crippen molar-refractivity contribution in [2.75, 3.05) is 33.2 Å². The summed E-state index contributed by atoms with van der Waals surface area (Å²) in [5.41, 5.74) is 1.21. The van der Waals surface area contributed by atoms with Gasteiger partial charge < -0.3 is 10.0 Å². The fraction of sp³-hybridized carbons (Fsp3) is 0.625. The molecule has 0 aromatic heterocycles. The van der Waals surface area contributed by atoms with Crippen molar-refractivity contribution in [3.63, 3.8) is 0 Å². The molecule has 1 aromatic rings. The van der Waals surface area contributed by atoms with E-state index in [0.717, 1.165) is 42.6 Å². The average Bonchev–Trinajstić information content (AvgIpc) is 2.40. The van der Waals surface area contributed by atoms with E-state index in [1.807, 2.05) is 24.3 Å². The maximum Gasteiger partial charge on any atom is 0.0813 e. The third kappa shape index (κ3) is 3.82. The summed E-state index contributed by atoms with van der Waals surface area (Å²) in [7, 11) is 2.19. The molecule has 2 rings (SSSR count). The van der Waals surface area contributed by atoms with Crippen LogP contribution in [0.3, 0.4) is 0 Å². The van der Waals surface area contributed by atoms with Crippen LogP contribution < -0.4 is 0 Å². The van der Waals surface area contributed by atoms with E-state index in [0.29, 0.717) is 0 Å². The lowest BCUT2D eigenvalue weighted by molar-refractivity contribution is 0.0312. The molecular formula is C16H25BrN2O. The molecule has 1 N–H and O–H groups in total. The number of hydrogen-bond acceptors (Lipinski definition) is 3. The van der Waals surface area contributed by atoms with E-state index in [2.05, 4.69) is 46.6 Å². The van der Waals surface area contributed by atoms with Crippen LogP contribution in [0, 0.1) is 0 Å². The first-order valence-electron chi connectivity index (χ1n) is 7.26. The molecule has 4 heteroatoms. The predicted molar refractivity (Wildman–Crippen MR) is 86.9 cm³/mol. The second-order valence-corrected chi connectivity index (χ2v) is 7.19. The third-order valence-electron chi connectivity index (χ3n) is 4.38. The van der Waals surface area contributed by atoms with Crippen molar-refractivity contribution in [3.05, 3.63) is 34.3 Å². The zero-order chi connectivity index (χ0) is 14.8. The minimum atomic E-state index is -0.395. The summed E-state index contributed by atoms with van der Waals surface area (Å²) in [5, 5.41) is 10.3. The summed E-state index contributed by atoms with van der Waals surface area (Å²) < 4.78 is 0.992. The molecule has 0 amide bonds. The van der Waals surface area contributed by atoms with Gasteiger partial charge in [0.15, 0.2) is 0 Å². The Kier molecular flexibility index (Phi) is 5.24. The largest absolute Gasteiger partial charge is 0.388 e. The van der Waals surface area contributed by atoms with Gasteiger partial charge in [-0.05, 0) is 38.9 Å². The van der Waals surface area contributed by atoms with Gasteiger partial charge in [-0.1, -0.05) is 34.1 Å². The Hall–Kier alpha value is -0.420. The molecule has 0 saturated carbocycles. The van der Waals surface area contributed by atoms with Crippen LogP contribution in [0.5, 0.6) is 0 Å². The maximum absolute atomic E-state index is 10.3. The molecule has 1 heterocycles. The van der Waals surface area contributed by atoms with Gasteiger partial charge in [0.25, 0.3) is 0 Å². The molecule has 1 aromatic carbocycles.